The van der Waals surface area contributed by atoms with Crippen molar-refractivity contribution in [3.63, 3.8) is 0 Å². The lowest BCUT2D eigenvalue weighted by Gasteiger charge is -2.22. The molecule has 1 N–H and O–H groups in total. The van der Waals surface area contributed by atoms with Crippen LogP contribution >= 0.6 is 11.8 Å². The summed E-state index contributed by atoms with van der Waals surface area (Å²) in [5, 5.41) is 7.96. The van der Waals surface area contributed by atoms with E-state index >= 15 is 0 Å². The summed E-state index contributed by atoms with van der Waals surface area (Å²) in [5.41, 5.74) is -0.545. The quantitative estimate of drug-likeness (QED) is 0.777. The maximum absolute atomic E-state index is 12.3. The molecule has 7 nitrogen and oxygen atoms in total. The number of carboxylic acid groups (broad SMARTS) is 1. The van der Waals surface area contributed by atoms with Crippen molar-refractivity contribution in [3.05, 3.63) is 35.9 Å². The molecule has 8 heteroatoms. The van der Waals surface area contributed by atoms with Crippen LogP contribution in [0, 0.1) is 0 Å². The molecular formula is C17H20N2O5S. The number of carbonyl (C=O) groups is 4. The predicted octanol–water partition coefficient (Wildman–Crippen LogP) is 2.08. The summed E-state index contributed by atoms with van der Waals surface area (Å²) >= 11 is 0.691. The van der Waals surface area contributed by atoms with Crippen molar-refractivity contribution in [2.45, 2.75) is 31.1 Å². The maximum atomic E-state index is 12.3. The highest BCUT2D eigenvalue weighted by molar-refractivity contribution is 8.15. The van der Waals surface area contributed by atoms with Crippen LogP contribution < -0.4 is 0 Å². The first-order valence-corrected chi connectivity index (χ1v) is 8.63. The topological polar surface area (TPSA) is 95.0 Å². The second-order valence-electron chi connectivity index (χ2n) is 6.24. The third-order valence-electron chi connectivity index (χ3n) is 4.27. The van der Waals surface area contributed by atoms with Crippen molar-refractivity contribution >= 4 is 34.8 Å². The van der Waals surface area contributed by atoms with E-state index in [0.717, 1.165) is 4.90 Å². The Labute approximate surface area is 150 Å². The van der Waals surface area contributed by atoms with Crippen LogP contribution in [0.4, 0.5) is 4.79 Å². The third kappa shape index (κ3) is 3.84. The van der Waals surface area contributed by atoms with Crippen LogP contribution in [0.5, 0.6) is 0 Å². The largest absolute Gasteiger partial charge is 0.480 e. The Balaban J connectivity index is 2.03. The van der Waals surface area contributed by atoms with Gasteiger partial charge in [-0.25, -0.2) is 4.79 Å². The van der Waals surface area contributed by atoms with Gasteiger partial charge in [-0.3, -0.25) is 19.3 Å². The maximum Gasteiger partial charge on any atom is 0.327 e. The minimum atomic E-state index is -1.15. The highest BCUT2D eigenvalue weighted by Crippen LogP contribution is 2.27. The van der Waals surface area contributed by atoms with Crippen LogP contribution in [-0.2, 0) is 9.59 Å². The molecule has 1 aromatic rings. The third-order valence-corrected chi connectivity index (χ3v) is 5.45. The zero-order valence-electron chi connectivity index (χ0n) is 14.3. The van der Waals surface area contributed by atoms with Gasteiger partial charge < -0.3 is 10.0 Å². The lowest BCUT2D eigenvalue weighted by molar-refractivity contribution is -0.137. The van der Waals surface area contributed by atoms with Crippen LogP contribution in [0.3, 0.4) is 0 Å². The van der Waals surface area contributed by atoms with Crippen LogP contribution in [0.2, 0.25) is 0 Å². The number of thioether (sulfide) groups is 1. The highest BCUT2D eigenvalue weighted by Gasteiger charge is 2.49. The highest BCUT2D eigenvalue weighted by atomic mass is 32.2. The number of carbonyl (C=O) groups excluding carboxylic acids is 3. The minimum Gasteiger partial charge on any atom is -0.480 e. The molecule has 0 unspecified atom stereocenters. The summed E-state index contributed by atoms with van der Waals surface area (Å²) in [7, 11) is 1.53. The van der Waals surface area contributed by atoms with Gasteiger partial charge in [0.15, 0.2) is 0 Å². The van der Waals surface area contributed by atoms with E-state index in [0.29, 0.717) is 17.3 Å². The fraction of sp³-hybridized carbons (Fsp3) is 0.412. The Bertz CT molecular complexity index is 704. The van der Waals surface area contributed by atoms with E-state index in [1.165, 1.54) is 11.9 Å². The Morgan fingerprint density at radius 1 is 1.20 bits per heavy atom. The number of urea groups is 1. The summed E-state index contributed by atoms with van der Waals surface area (Å²) in [6, 6.07) is 7.92. The van der Waals surface area contributed by atoms with E-state index in [-0.39, 0.29) is 24.0 Å². The average Bonchev–Trinajstić information content (AvgIpc) is 2.73. The Morgan fingerprint density at radius 2 is 1.80 bits per heavy atom. The molecule has 0 saturated carbocycles. The van der Waals surface area contributed by atoms with Gasteiger partial charge in [-0.05, 0) is 20.3 Å². The van der Waals surface area contributed by atoms with Gasteiger partial charge in [-0.1, -0.05) is 42.1 Å². The molecule has 1 aliphatic rings. The van der Waals surface area contributed by atoms with Crippen LogP contribution in [0.15, 0.2) is 30.3 Å². The molecule has 134 valence electrons. The van der Waals surface area contributed by atoms with Gasteiger partial charge in [0, 0.05) is 19.2 Å². The summed E-state index contributed by atoms with van der Waals surface area (Å²) < 4.78 is 0. The van der Waals surface area contributed by atoms with Crippen LogP contribution in [0.1, 0.15) is 30.6 Å². The summed E-state index contributed by atoms with van der Waals surface area (Å²) in [4.78, 5) is 50.5. The van der Waals surface area contributed by atoms with E-state index in [1.54, 1.807) is 44.2 Å². The first-order chi connectivity index (χ1) is 11.7. The molecule has 1 saturated heterocycles. The number of benzene rings is 1. The first kappa shape index (κ1) is 19.0. The van der Waals surface area contributed by atoms with Crippen LogP contribution in [0.25, 0.3) is 0 Å². The van der Waals surface area contributed by atoms with Crippen molar-refractivity contribution in [3.8, 4) is 0 Å². The van der Waals surface area contributed by atoms with Gasteiger partial charge in [0.1, 0.15) is 10.8 Å². The number of carboxylic acids is 1. The van der Waals surface area contributed by atoms with Crippen LogP contribution in [-0.4, -0.2) is 62.3 Å². The summed E-state index contributed by atoms with van der Waals surface area (Å²) in [6.45, 7) is 3.22. The molecule has 0 aromatic heterocycles. The molecule has 1 atom stereocenters. The van der Waals surface area contributed by atoms with Gasteiger partial charge >= 0.3 is 12.0 Å². The molecule has 1 aliphatic heterocycles. The number of hydrogen-bond donors (Lipinski definition) is 1. The molecule has 0 radical (unpaired) electrons. The molecule has 1 heterocycles. The van der Waals surface area contributed by atoms with Crippen molar-refractivity contribution in [2.24, 2.45) is 0 Å². The molecule has 0 aliphatic carbocycles. The molecule has 1 fully saturated rings. The van der Waals surface area contributed by atoms with E-state index < -0.39 is 22.8 Å². The van der Waals surface area contributed by atoms with Gasteiger partial charge in [-0.15, -0.1) is 0 Å². The van der Waals surface area contributed by atoms with Crippen molar-refractivity contribution in [2.75, 3.05) is 13.6 Å². The van der Waals surface area contributed by atoms with Crippen molar-refractivity contribution < 1.29 is 24.3 Å². The second-order valence-corrected chi connectivity index (χ2v) is 7.42. The fourth-order valence-corrected chi connectivity index (χ4v) is 3.28. The lowest BCUT2D eigenvalue weighted by Crippen LogP contribution is -2.41. The first-order valence-electron chi connectivity index (χ1n) is 7.75. The van der Waals surface area contributed by atoms with Crippen molar-refractivity contribution in [1.82, 2.24) is 9.80 Å². The molecule has 0 bridgehead atoms. The molecule has 25 heavy (non-hydrogen) atoms. The monoisotopic (exact) mass is 364 g/mol. The standard InChI is InChI=1S/C17H20N2O5S/c1-17(2)15(23)19(16(24)18(17)3)10-9-12(13(20)21)25-14(22)11-7-5-4-6-8-11/h4-8,12H,9-10H2,1-3H3,(H,20,21)/t12-/m1/s1. The number of nitrogens with zero attached hydrogens (tertiary/aromatic N) is 2. The number of rotatable bonds is 6. The molecular weight excluding hydrogens is 344 g/mol. The Hall–Kier alpha value is -2.35. The molecule has 2 rings (SSSR count). The summed E-state index contributed by atoms with van der Waals surface area (Å²) in [6.07, 6.45) is -0.0000262. The summed E-state index contributed by atoms with van der Waals surface area (Å²) in [5.74, 6) is -1.52. The predicted molar refractivity (Wildman–Crippen MR) is 93.4 cm³/mol. The zero-order valence-corrected chi connectivity index (χ0v) is 15.1. The van der Waals surface area contributed by atoms with Gasteiger partial charge in [-0.2, -0.15) is 0 Å². The normalized spacial score (nSPS) is 17.7. The smallest absolute Gasteiger partial charge is 0.327 e. The number of amides is 3. The lowest BCUT2D eigenvalue weighted by atomic mass is 10.1. The van der Waals surface area contributed by atoms with Crippen molar-refractivity contribution in [1.29, 1.82) is 0 Å². The number of hydrogen-bond acceptors (Lipinski definition) is 5. The second kappa shape index (κ2) is 7.26. The van der Waals surface area contributed by atoms with Gasteiger partial charge in [0.2, 0.25) is 5.12 Å². The minimum absolute atomic E-state index is 0.0000262. The molecule has 0 spiro atoms. The average molecular weight is 364 g/mol. The van der Waals surface area contributed by atoms with E-state index in [2.05, 4.69) is 0 Å². The van der Waals surface area contributed by atoms with Gasteiger partial charge in [0.05, 0.1) is 0 Å². The SMILES string of the molecule is CN1C(=O)N(CC[C@@H](SC(=O)c2ccccc2)C(=O)O)C(=O)C1(C)C. The Morgan fingerprint density at radius 3 is 2.28 bits per heavy atom. The number of imide groups is 1. The number of aliphatic carboxylic acids is 1. The Kier molecular flexibility index (Phi) is 5.52. The fourth-order valence-electron chi connectivity index (χ4n) is 2.43. The zero-order chi connectivity index (χ0) is 18.8. The van der Waals surface area contributed by atoms with E-state index in [4.69, 9.17) is 0 Å². The number of likely N-dealkylation sites (N-methyl/N-ethyl adjacent to an activating group) is 1. The molecule has 3 amide bonds. The molecule has 1 aromatic carbocycles. The van der Waals surface area contributed by atoms with E-state index in [1.807, 2.05) is 0 Å². The van der Waals surface area contributed by atoms with Gasteiger partial charge in [0.25, 0.3) is 5.91 Å². The van der Waals surface area contributed by atoms with E-state index in [9.17, 15) is 24.3 Å².